The number of piperidine rings is 1. The summed E-state index contributed by atoms with van der Waals surface area (Å²) < 4.78 is 39.4. The average molecular weight is 320 g/mol. The van der Waals surface area contributed by atoms with Crippen LogP contribution >= 0.6 is 11.6 Å². The van der Waals surface area contributed by atoms with Crippen LogP contribution in [-0.2, 0) is 12.6 Å². The molecule has 1 aliphatic rings. The number of rotatable bonds is 3. The number of hydrogen-bond acceptors (Lipinski definition) is 2. The Morgan fingerprint density at radius 1 is 1.33 bits per heavy atom. The minimum atomic E-state index is -4.47. The predicted molar refractivity (Wildman–Crippen MR) is 75.6 cm³/mol. The zero-order valence-electron chi connectivity index (χ0n) is 11.7. The lowest BCUT2D eigenvalue weighted by molar-refractivity contribution is -0.138. The van der Waals surface area contributed by atoms with Gasteiger partial charge >= 0.3 is 6.18 Å². The summed E-state index contributed by atoms with van der Waals surface area (Å²) >= 11 is 5.27. The first kappa shape index (κ1) is 16.3. The molecule has 0 amide bonds. The quantitative estimate of drug-likeness (QED) is 0.786. The predicted octanol–water partition coefficient (Wildman–Crippen LogP) is 3.97. The van der Waals surface area contributed by atoms with Crippen LogP contribution in [0, 0.1) is 5.92 Å². The van der Waals surface area contributed by atoms with Gasteiger partial charge in [-0.2, -0.15) is 13.2 Å². The molecule has 0 N–H and O–H groups in total. The van der Waals surface area contributed by atoms with Crippen molar-refractivity contribution in [3.05, 3.63) is 34.9 Å². The van der Waals surface area contributed by atoms with Gasteiger partial charge in [-0.05, 0) is 74.6 Å². The van der Waals surface area contributed by atoms with E-state index in [1.807, 2.05) is 7.05 Å². The van der Waals surface area contributed by atoms with E-state index in [9.17, 15) is 18.0 Å². The number of benzene rings is 1. The Kier molecular flexibility index (Phi) is 4.94. The Labute approximate surface area is 126 Å². The lowest BCUT2D eigenvalue weighted by Crippen LogP contribution is -2.31. The average Bonchev–Trinajstić information content (AvgIpc) is 2.40. The molecule has 1 aromatic rings. The summed E-state index contributed by atoms with van der Waals surface area (Å²) in [4.78, 5) is 13.2. The zero-order chi connectivity index (χ0) is 15.6. The molecule has 0 saturated carbocycles. The third kappa shape index (κ3) is 4.20. The minimum absolute atomic E-state index is 0.115. The fourth-order valence-corrected chi connectivity index (χ4v) is 2.84. The number of carbonyl (C=O) groups is 1. The van der Waals surface area contributed by atoms with Crippen LogP contribution < -0.4 is 0 Å². The van der Waals surface area contributed by atoms with Crippen LogP contribution in [0.1, 0.15) is 34.3 Å². The number of alkyl halides is 3. The SMILES string of the molecule is CN1CCC(Cc2ccc(C(=O)Cl)cc2C(F)(F)F)CC1. The van der Waals surface area contributed by atoms with Crippen LogP contribution in [0.5, 0.6) is 0 Å². The molecule has 1 aliphatic heterocycles. The molecular weight excluding hydrogens is 303 g/mol. The molecule has 0 aliphatic carbocycles. The van der Waals surface area contributed by atoms with Crippen LogP contribution in [0.3, 0.4) is 0 Å². The summed E-state index contributed by atoms with van der Waals surface area (Å²) in [6.45, 7) is 1.81. The van der Waals surface area contributed by atoms with Gasteiger partial charge in [-0.3, -0.25) is 4.79 Å². The van der Waals surface area contributed by atoms with E-state index < -0.39 is 17.0 Å². The molecule has 0 spiro atoms. The van der Waals surface area contributed by atoms with E-state index in [0.29, 0.717) is 6.42 Å². The highest BCUT2D eigenvalue weighted by molar-refractivity contribution is 6.67. The Balaban J connectivity index is 2.24. The molecule has 1 aromatic carbocycles. The topological polar surface area (TPSA) is 20.3 Å². The third-order valence-corrected chi connectivity index (χ3v) is 4.21. The van der Waals surface area contributed by atoms with Crippen molar-refractivity contribution in [3.63, 3.8) is 0 Å². The summed E-state index contributed by atoms with van der Waals surface area (Å²) in [6.07, 6.45) is -2.30. The van der Waals surface area contributed by atoms with E-state index in [2.05, 4.69) is 4.90 Å². The van der Waals surface area contributed by atoms with Crippen molar-refractivity contribution in [1.29, 1.82) is 0 Å². The van der Waals surface area contributed by atoms with E-state index in [1.165, 1.54) is 12.1 Å². The number of carbonyl (C=O) groups excluding carboxylic acids is 1. The van der Waals surface area contributed by atoms with E-state index in [1.54, 1.807) is 0 Å². The smallest absolute Gasteiger partial charge is 0.306 e. The molecule has 1 saturated heterocycles. The fourth-order valence-electron chi connectivity index (χ4n) is 2.72. The molecular formula is C15H17ClF3NO. The molecule has 0 radical (unpaired) electrons. The van der Waals surface area contributed by atoms with E-state index >= 15 is 0 Å². The van der Waals surface area contributed by atoms with Gasteiger partial charge in [-0.15, -0.1) is 0 Å². The summed E-state index contributed by atoms with van der Waals surface area (Å²) in [6, 6.07) is 3.62. The van der Waals surface area contributed by atoms with E-state index in [0.717, 1.165) is 32.0 Å². The van der Waals surface area contributed by atoms with Crippen molar-refractivity contribution in [1.82, 2.24) is 4.90 Å². The molecule has 6 heteroatoms. The lowest BCUT2D eigenvalue weighted by Gasteiger charge is -2.29. The third-order valence-electron chi connectivity index (χ3n) is 3.99. The van der Waals surface area contributed by atoms with Gasteiger partial charge in [0, 0.05) is 5.56 Å². The Hall–Kier alpha value is -1.07. The largest absolute Gasteiger partial charge is 0.416 e. The zero-order valence-corrected chi connectivity index (χ0v) is 12.5. The lowest BCUT2D eigenvalue weighted by atomic mass is 9.88. The second kappa shape index (κ2) is 6.36. The standard InChI is InChI=1S/C15H17ClF3NO/c1-20-6-4-10(5-7-20)8-11-2-3-12(14(16)21)9-13(11)15(17,18)19/h2-3,9-10H,4-8H2,1H3. The molecule has 0 atom stereocenters. The minimum Gasteiger partial charge on any atom is -0.306 e. The molecule has 21 heavy (non-hydrogen) atoms. The highest BCUT2D eigenvalue weighted by atomic mass is 35.5. The Bertz CT molecular complexity index is 522. The van der Waals surface area contributed by atoms with Crippen molar-refractivity contribution in [3.8, 4) is 0 Å². The normalized spacial score (nSPS) is 18.0. The summed E-state index contributed by atoms with van der Waals surface area (Å²) in [5.41, 5.74) is -0.609. The van der Waals surface area contributed by atoms with Gasteiger partial charge in [0.05, 0.1) is 5.56 Å². The number of nitrogens with zero attached hydrogens (tertiary/aromatic N) is 1. The van der Waals surface area contributed by atoms with Gasteiger partial charge in [0.2, 0.25) is 0 Å². The van der Waals surface area contributed by atoms with Crippen molar-refractivity contribution >= 4 is 16.8 Å². The monoisotopic (exact) mass is 319 g/mol. The highest BCUT2D eigenvalue weighted by Crippen LogP contribution is 2.35. The van der Waals surface area contributed by atoms with Crippen LogP contribution in [0.2, 0.25) is 0 Å². The first-order valence-corrected chi connectivity index (χ1v) is 7.23. The number of halogens is 4. The van der Waals surface area contributed by atoms with E-state index in [-0.39, 0.29) is 17.0 Å². The maximum atomic E-state index is 13.1. The molecule has 0 bridgehead atoms. The molecule has 0 aromatic heterocycles. The van der Waals surface area contributed by atoms with Gasteiger partial charge in [-0.25, -0.2) is 0 Å². The van der Waals surface area contributed by atoms with Crippen LogP contribution in [0.4, 0.5) is 13.2 Å². The maximum absolute atomic E-state index is 13.1. The van der Waals surface area contributed by atoms with Crippen molar-refractivity contribution in [2.75, 3.05) is 20.1 Å². The van der Waals surface area contributed by atoms with Crippen molar-refractivity contribution in [2.24, 2.45) is 5.92 Å². The second-order valence-corrected chi connectivity index (χ2v) is 5.94. The molecule has 0 unspecified atom stereocenters. The van der Waals surface area contributed by atoms with Crippen LogP contribution in [-0.4, -0.2) is 30.3 Å². The van der Waals surface area contributed by atoms with Crippen molar-refractivity contribution in [2.45, 2.75) is 25.4 Å². The summed E-state index contributed by atoms with van der Waals surface area (Å²) in [5.74, 6) is 0.250. The van der Waals surface area contributed by atoms with Gasteiger partial charge in [-0.1, -0.05) is 6.07 Å². The molecule has 2 rings (SSSR count). The number of likely N-dealkylation sites (tertiary alicyclic amines) is 1. The first-order valence-electron chi connectivity index (χ1n) is 6.86. The fraction of sp³-hybridized carbons (Fsp3) is 0.533. The molecule has 1 fully saturated rings. The number of hydrogen-bond donors (Lipinski definition) is 0. The Morgan fingerprint density at radius 3 is 2.48 bits per heavy atom. The van der Waals surface area contributed by atoms with Gasteiger partial charge in [0.15, 0.2) is 0 Å². The summed E-state index contributed by atoms with van der Waals surface area (Å²) in [5, 5.41) is -0.869. The molecule has 1 heterocycles. The first-order chi connectivity index (χ1) is 9.77. The van der Waals surface area contributed by atoms with Gasteiger partial charge < -0.3 is 4.90 Å². The Morgan fingerprint density at radius 2 is 1.95 bits per heavy atom. The summed E-state index contributed by atoms with van der Waals surface area (Å²) in [7, 11) is 2.01. The van der Waals surface area contributed by atoms with Crippen LogP contribution in [0.15, 0.2) is 18.2 Å². The van der Waals surface area contributed by atoms with Crippen LogP contribution in [0.25, 0.3) is 0 Å². The van der Waals surface area contributed by atoms with Gasteiger partial charge in [0.1, 0.15) is 0 Å². The van der Waals surface area contributed by atoms with E-state index in [4.69, 9.17) is 11.6 Å². The highest BCUT2D eigenvalue weighted by Gasteiger charge is 2.34. The maximum Gasteiger partial charge on any atom is 0.416 e. The van der Waals surface area contributed by atoms with Gasteiger partial charge in [0.25, 0.3) is 5.24 Å². The second-order valence-electron chi connectivity index (χ2n) is 5.59. The molecule has 116 valence electrons. The van der Waals surface area contributed by atoms with Crippen molar-refractivity contribution < 1.29 is 18.0 Å². The molecule has 2 nitrogen and oxygen atoms in total.